The molecule has 1 N–H and O–H groups in total. The number of para-hydroxylation sites is 2. The molecule has 32 heavy (non-hydrogen) atoms. The minimum atomic E-state index is -4.61. The van der Waals surface area contributed by atoms with Crippen molar-refractivity contribution in [2.75, 3.05) is 25.0 Å². The number of aromatic nitrogens is 2. The summed E-state index contributed by atoms with van der Waals surface area (Å²) in [6, 6.07) is 15.7. The molecule has 0 aliphatic carbocycles. The molecule has 0 radical (unpaired) electrons. The first-order chi connectivity index (χ1) is 15.2. The lowest BCUT2D eigenvalue weighted by atomic mass is 10.1. The first-order valence-corrected chi connectivity index (χ1v) is 10.0. The minimum absolute atomic E-state index is 0.188. The number of amides is 1. The Bertz CT molecular complexity index is 1140. The molecule has 3 aromatic rings. The van der Waals surface area contributed by atoms with Gasteiger partial charge in [-0.25, -0.2) is 4.68 Å². The van der Waals surface area contributed by atoms with Crippen molar-refractivity contribution in [3.8, 4) is 5.69 Å². The van der Waals surface area contributed by atoms with Crippen molar-refractivity contribution in [3.05, 3.63) is 87.8 Å². The van der Waals surface area contributed by atoms with Crippen molar-refractivity contribution in [1.29, 1.82) is 0 Å². The van der Waals surface area contributed by atoms with Crippen LogP contribution in [0.15, 0.2) is 65.5 Å². The molecule has 0 bridgehead atoms. The number of aryl methyl sites for hydroxylation is 1. The van der Waals surface area contributed by atoms with E-state index in [9.17, 15) is 22.8 Å². The first-order valence-electron chi connectivity index (χ1n) is 10.0. The molecule has 0 atom stereocenters. The highest BCUT2D eigenvalue weighted by Gasteiger charge is 2.34. The molecule has 1 aromatic heterocycles. The Labute approximate surface area is 183 Å². The van der Waals surface area contributed by atoms with Crippen LogP contribution in [0.1, 0.15) is 28.2 Å². The Morgan fingerprint density at radius 2 is 1.75 bits per heavy atom. The van der Waals surface area contributed by atoms with Gasteiger partial charge in [0.2, 0.25) is 5.43 Å². The van der Waals surface area contributed by atoms with Gasteiger partial charge in [0.25, 0.3) is 5.91 Å². The Morgan fingerprint density at radius 3 is 2.44 bits per heavy atom. The summed E-state index contributed by atoms with van der Waals surface area (Å²) in [4.78, 5) is 26.9. The third kappa shape index (κ3) is 5.35. The van der Waals surface area contributed by atoms with Gasteiger partial charge in [-0.05, 0) is 37.6 Å². The largest absolute Gasteiger partial charge is 0.418 e. The van der Waals surface area contributed by atoms with Gasteiger partial charge in [0.1, 0.15) is 0 Å². The van der Waals surface area contributed by atoms with Crippen molar-refractivity contribution < 1.29 is 18.0 Å². The fourth-order valence-corrected chi connectivity index (χ4v) is 3.26. The number of halogens is 3. The molecule has 9 heteroatoms. The second-order valence-corrected chi connectivity index (χ2v) is 7.29. The van der Waals surface area contributed by atoms with Crippen molar-refractivity contribution in [1.82, 2.24) is 15.1 Å². The smallest absolute Gasteiger partial charge is 0.375 e. The third-order valence-electron chi connectivity index (χ3n) is 4.91. The predicted octanol–water partition coefficient (Wildman–Crippen LogP) is 3.82. The fraction of sp³-hybridized carbons (Fsp3) is 0.261. The van der Waals surface area contributed by atoms with E-state index in [0.29, 0.717) is 13.0 Å². The summed E-state index contributed by atoms with van der Waals surface area (Å²) < 4.78 is 41.2. The normalized spacial score (nSPS) is 11.3. The molecule has 0 aliphatic heterocycles. The molecule has 2 aromatic carbocycles. The van der Waals surface area contributed by atoms with Gasteiger partial charge in [-0.15, -0.1) is 0 Å². The van der Waals surface area contributed by atoms with E-state index in [-0.39, 0.29) is 17.9 Å². The Hall–Kier alpha value is -3.62. The van der Waals surface area contributed by atoms with Crippen LogP contribution in [0.4, 0.5) is 18.9 Å². The quantitative estimate of drug-likeness (QED) is 0.563. The standard InChI is InChI=1S/C23H23F3N4O2/c1-16-15-20(31)21(28-30(16)19-12-7-6-11-18(19)23(24,25)26)22(32)27-13-8-14-29(2)17-9-4-3-5-10-17/h3-7,9-12,15H,8,13-14H2,1-2H3,(H,27,32). The summed E-state index contributed by atoms with van der Waals surface area (Å²) in [6.45, 7) is 2.40. The summed E-state index contributed by atoms with van der Waals surface area (Å²) in [5.41, 5.74) is -1.05. The summed E-state index contributed by atoms with van der Waals surface area (Å²) in [7, 11) is 1.93. The molecule has 1 amide bonds. The lowest BCUT2D eigenvalue weighted by Crippen LogP contribution is -2.34. The highest BCUT2D eigenvalue weighted by Crippen LogP contribution is 2.33. The second kappa shape index (κ2) is 9.67. The van der Waals surface area contributed by atoms with Crippen molar-refractivity contribution in [3.63, 3.8) is 0 Å². The van der Waals surface area contributed by atoms with Gasteiger partial charge in [0, 0.05) is 37.6 Å². The summed E-state index contributed by atoms with van der Waals surface area (Å²) >= 11 is 0. The van der Waals surface area contributed by atoms with E-state index >= 15 is 0 Å². The molecule has 168 valence electrons. The van der Waals surface area contributed by atoms with Crippen LogP contribution in [-0.2, 0) is 6.18 Å². The van der Waals surface area contributed by atoms with Crippen LogP contribution in [0.2, 0.25) is 0 Å². The van der Waals surface area contributed by atoms with E-state index in [4.69, 9.17) is 0 Å². The van der Waals surface area contributed by atoms with Crippen LogP contribution in [0.5, 0.6) is 0 Å². The average molecular weight is 444 g/mol. The number of rotatable bonds is 7. The zero-order valence-corrected chi connectivity index (χ0v) is 17.7. The number of carbonyl (C=O) groups is 1. The molecule has 0 fully saturated rings. The number of hydrogen-bond acceptors (Lipinski definition) is 4. The molecule has 0 saturated carbocycles. The van der Waals surface area contributed by atoms with Gasteiger partial charge in [-0.2, -0.15) is 18.3 Å². The van der Waals surface area contributed by atoms with Gasteiger partial charge in [-0.1, -0.05) is 30.3 Å². The van der Waals surface area contributed by atoms with Crippen LogP contribution >= 0.6 is 0 Å². The molecular formula is C23H23F3N4O2. The van der Waals surface area contributed by atoms with E-state index in [1.807, 2.05) is 42.3 Å². The summed E-state index contributed by atoms with van der Waals surface area (Å²) in [6.07, 6.45) is -4.00. The van der Waals surface area contributed by atoms with Crippen LogP contribution < -0.4 is 15.6 Å². The number of benzene rings is 2. The maximum atomic E-state index is 13.4. The number of anilines is 1. The predicted molar refractivity (Wildman–Crippen MR) is 116 cm³/mol. The van der Waals surface area contributed by atoms with Crippen LogP contribution in [0.25, 0.3) is 5.69 Å². The molecule has 0 aliphatic rings. The number of hydrogen-bond donors (Lipinski definition) is 1. The van der Waals surface area contributed by atoms with Crippen molar-refractivity contribution in [2.45, 2.75) is 19.5 Å². The average Bonchev–Trinajstić information content (AvgIpc) is 2.76. The molecule has 6 nitrogen and oxygen atoms in total. The lowest BCUT2D eigenvalue weighted by Gasteiger charge is -2.19. The van der Waals surface area contributed by atoms with Crippen molar-refractivity contribution >= 4 is 11.6 Å². The highest BCUT2D eigenvalue weighted by atomic mass is 19.4. The Morgan fingerprint density at radius 1 is 1.09 bits per heavy atom. The van der Waals surface area contributed by atoms with E-state index in [0.717, 1.165) is 22.5 Å². The van der Waals surface area contributed by atoms with Gasteiger partial charge < -0.3 is 10.2 Å². The van der Waals surface area contributed by atoms with Crippen LogP contribution in [0.3, 0.4) is 0 Å². The van der Waals surface area contributed by atoms with Gasteiger partial charge in [0.05, 0.1) is 11.3 Å². The molecule has 0 unspecified atom stereocenters. The van der Waals surface area contributed by atoms with E-state index in [2.05, 4.69) is 10.4 Å². The SMILES string of the molecule is Cc1cc(=O)c(C(=O)NCCCN(C)c2ccccc2)nn1-c1ccccc1C(F)(F)F. The lowest BCUT2D eigenvalue weighted by molar-refractivity contribution is -0.137. The monoisotopic (exact) mass is 444 g/mol. The number of nitrogens with one attached hydrogen (secondary N) is 1. The maximum Gasteiger partial charge on any atom is 0.418 e. The Kier molecular flexibility index (Phi) is 6.97. The van der Waals surface area contributed by atoms with Gasteiger partial charge in [0.15, 0.2) is 5.69 Å². The topological polar surface area (TPSA) is 67.2 Å². The molecule has 1 heterocycles. The molecular weight excluding hydrogens is 421 g/mol. The van der Waals surface area contributed by atoms with E-state index in [1.54, 1.807) is 0 Å². The Balaban J connectivity index is 1.74. The molecule has 0 spiro atoms. The molecule has 0 saturated heterocycles. The summed E-state index contributed by atoms with van der Waals surface area (Å²) in [5.74, 6) is -0.726. The number of carbonyl (C=O) groups excluding carboxylic acids is 1. The molecule has 3 rings (SSSR count). The van der Waals surface area contributed by atoms with Gasteiger partial charge >= 0.3 is 6.18 Å². The van der Waals surface area contributed by atoms with E-state index < -0.39 is 28.8 Å². The minimum Gasteiger partial charge on any atom is -0.375 e. The van der Waals surface area contributed by atoms with Crippen molar-refractivity contribution in [2.24, 2.45) is 0 Å². The zero-order valence-electron chi connectivity index (χ0n) is 17.7. The second-order valence-electron chi connectivity index (χ2n) is 7.29. The maximum absolute atomic E-state index is 13.4. The number of nitrogens with zero attached hydrogens (tertiary/aromatic N) is 3. The highest BCUT2D eigenvalue weighted by molar-refractivity contribution is 5.92. The van der Waals surface area contributed by atoms with Crippen LogP contribution in [-0.4, -0.2) is 35.8 Å². The third-order valence-corrected chi connectivity index (χ3v) is 4.91. The fourth-order valence-electron chi connectivity index (χ4n) is 3.26. The zero-order chi connectivity index (χ0) is 23.3. The summed E-state index contributed by atoms with van der Waals surface area (Å²) in [5, 5.41) is 6.59. The number of alkyl halides is 3. The first kappa shape index (κ1) is 23.1. The van der Waals surface area contributed by atoms with Gasteiger partial charge in [-0.3, -0.25) is 9.59 Å². The van der Waals surface area contributed by atoms with E-state index in [1.165, 1.54) is 25.1 Å². The van der Waals surface area contributed by atoms with Crippen LogP contribution in [0, 0.1) is 6.92 Å².